The predicted molar refractivity (Wildman–Crippen MR) is 180 cm³/mol. The highest BCUT2D eigenvalue weighted by atomic mass is 32.2. The van der Waals surface area contributed by atoms with E-state index >= 15 is 0 Å². The van der Waals surface area contributed by atoms with Gasteiger partial charge in [0.2, 0.25) is 0 Å². The summed E-state index contributed by atoms with van der Waals surface area (Å²) < 4.78 is 155. The SMILES string of the molecule is O=C(c1ccccc1)c1cc(N(c2ccc(C(F)(F)F)cc2)S(=O)(=O)O)c2c(c1N(c1ccc(C(F)(F)F)cc1)S(=O)(=O)O)C(=O)c1ccccc1C2=O. The molecule has 0 atom stereocenters. The molecule has 6 rings (SSSR count). The maximum Gasteiger partial charge on any atom is 0.416 e. The quantitative estimate of drug-likeness (QED) is 0.0896. The number of fused-ring (bicyclic) bond motifs is 2. The molecule has 54 heavy (non-hydrogen) atoms. The summed E-state index contributed by atoms with van der Waals surface area (Å²) in [6.45, 7) is 0. The molecule has 2 N–H and O–H groups in total. The van der Waals surface area contributed by atoms with Crippen LogP contribution in [0.1, 0.15) is 58.9 Å². The molecular weight excluding hydrogens is 771 g/mol. The van der Waals surface area contributed by atoms with Crippen molar-refractivity contribution in [2.45, 2.75) is 12.4 Å². The smallest absolute Gasteiger partial charge is 0.289 e. The van der Waals surface area contributed by atoms with Gasteiger partial charge in [-0.3, -0.25) is 23.5 Å². The number of nitrogens with zero attached hydrogens (tertiary/aromatic N) is 2. The molecule has 11 nitrogen and oxygen atoms in total. The Bertz CT molecular complexity index is 2580. The lowest BCUT2D eigenvalue weighted by Gasteiger charge is -2.32. The molecule has 0 saturated carbocycles. The minimum absolute atomic E-state index is 0.0629. The number of benzene rings is 5. The van der Waals surface area contributed by atoms with E-state index in [0.717, 1.165) is 12.1 Å². The van der Waals surface area contributed by atoms with E-state index in [1.54, 1.807) is 0 Å². The lowest BCUT2D eigenvalue weighted by Crippen LogP contribution is -2.35. The van der Waals surface area contributed by atoms with Crippen LogP contribution < -0.4 is 8.61 Å². The zero-order valence-corrected chi connectivity index (χ0v) is 28.3. The molecule has 0 heterocycles. The summed E-state index contributed by atoms with van der Waals surface area (Å²) in [5, 5.41) is 0. The number of hydrogen-bond acceptors (Lipinski definition) is 7. The fourth-order valence-electron chi connectivity index (χ4n) is 5.89. The van der Waals surface area contributed by atoms with Gasteiger partial charge in [-0.05, 0) is 54.6 Å². The molecule has 1 aliphatic carbocycles. The minimum atomic E-state index is -5.79. The summed E-state index contributed by atoms with van der Waals surface area (Å²) in [4.78, 5) is 43.2. The van der Waals surface area contributed by atoms with E-state index in [2.05, 4.69) is 0 Å². The number of carbonyl (C=O) groups excluding carboxylic acids is 3. The second-order valence-electron chi connectivity index (χ2n) is 11.5. The van der Waals surface area contributed by atoms with Gasteiger partial charge in [-0.15, -0.1) is 0 Å². The molecule has 0 aliphatic heterocycles. The van der Waals surface area contributed by atoms with Crippen LogP contribution in [0.15, 0.2) is 109 Å². The number of hydrogen-bond donors (Lipinski definition) is 2. The van der Waals surface area contributed by atoms with E-state index in [0.29, 0.717) is 54.6 Å². The fourth-order valence-corrected chi connectivity index (χ4v) is 7.48. The van der Waals surface area contributed by atoms with Crippen LogP contribution in [0.5, 0.6) is 0 Å². The van der Waals surface area contributed by atoms with Gasteiger partial charge in [0.1, 0.15) is 0 Å². The standard InChI is InChI=1S/C35H20F6N2O9S2/c36-34(37,38)20-10-14-22(15-11-20)42(53(47,48)49)27-18-26(31(44)19-6-2-1-3-7-19)30(29-28(27)32(45)24-8-4-5-9-25(24)33(29)46)43(54(50,51)52)23-16-12-21(13-17-23)35(39,40)41/h1-18H,(H,47,48,49)(H,50,51,52). The second-order valence-corrected chi connectivity index (χ2v) is 14.0. The third-order valence-electron chi connectivity index (χ3n) is 8.17. The van der Waals surface area contributed by atoms with Crippen LogP contribution in [0.3, 0.4) is 0 Å². The molecule has 0 unspecified atom stereocenters. The van der Waals surface area contributed by atoms with Crippen LogP contribution in [0.25, 0.3) is 0 Å². The van der Waals surface area contributed by atoms with Crippen molar-refractivity contribution >= 4 is 60.7 Å². The highest BCUT2D eigenvalue weighted by Gasteiger charge is 2.43. The van der Waals surface area contributed by atoms with Gasteiger partial charge in [-0.2, -0.15) is 43.2 Å². The molecule has 0 aromatic heterocycles. The van der Waals surface area contributed by atoms with E-state index in [-0.39, 0.29) is 14.2 Å². The molecule has 0 bridgehead atoms. The predicted octanol–water partition coefficient (Wildman–Crippen LogP) is 7.61. The molecule has 1 aliphatic rings. The van der Waals surface area contributed by atoms with Crippen molar-refractivity contribution in [1.29, 1.82) is 0 Å². The Balaban J connectivity index is 1.80. The summed E-state index contributed by atoms with van der Waals surface area (Å²) in [6, 6.07) is 15.9. The Kier molecular flexibility index (Phi) is 9.25. The third-order valence-corrected chi connectivity index (χ3v) is 9.90. The van der Waals surface area contributed by atoms with E-state index in [9.17, 15) is 66.7 Å². The Labute approximate surface area is 301 Å². The zero-order valence-electron chi connectivity index (χ0n) is 26.6. The average molecular weight is 791 g/mol. The first-order valence-corrected chi connectivity index (χ1v) is 17.8. The summed E-state index contributed by atoms with van der Waals surface area (Å²) in [6.07, 6.45) is -9.85. The van der Waals surface area contributed by atoms with Crippen LogP contribution >= 0.6 is 0 Å². The summed E-state index contributed by atoms with van der Waals surface area (Å²) in [5.74, 6) is -3.70. The maximum absolute atomic E-state index is 14.5. The number of ketones is 3. The van der Waals surface area contributed by atoms with Gasteiger partial charge in [-0.1, -0.05) is 54.6 Å². The molecular formula is C35H20F6N2O9S2. The van der Waals surface area contributed by atoms with Gasteiger partial charge in [0.05, 0.1) is 50.6 Å². The van der Waals surface area contributed by atoms with Crippen LogP contribution in [-0.2, 0) is 33.0 Å². The first kappa shape index (κ1) is 37.9. The normalized spacial score (nSPS) is 13.3. The molecule has 0 saturated heterocycles. The van der Waals surface area contributed by atoms with Crippen molar-refractivity contribution in [3.63, 3.8) is 0 Å². The molecule has 19 heteroatoms. The van der Waals surface area contributed by atoms with Crippen molar-refractivity contribution in [2.75, 3.05) is 8.61 Å². The van der Waals surface area contributed by atoms with E-state index < -0.39 is 112 Å². The van der Waals surface area contributed by atoms with Crippen molar-refractivity contribution < 1.29 is 66.7 Å². The largest absolute Gasteiger partial charge is 0.416 e. The van der Waals surface area contributed by atoms with Gasteiger partial charge in [0, 0.05) is 16.7 Å². The number of alkyl halides is 6. The highest BCUT2D eigenvalue weighted by molar-refractivity contribution is 7.88. The van der Waals surface area contributed by atoms with Gasteiger partial charge < -0.3 is 0 Å². The van der Waals surface area contributed by atoms with Gasteiger partial charge in [0.15, 0.2) is 17.3 Å². The Morgan fingerprint density at radius 3 is 1.39 bits per heavy atom. The Morgan fingerprint density at radius 2 is 0.963 bits per heavy atom. The van der Waals surface area contributed by atoms with Crippen molar-refractivity contribution in [2.24, 2.45) is 0 Å². The topological polar surface area (TPSA) is 166 Å². The van der Waals surface area contributed by atoms with E-state index in [1.165, 1.54) is 42.5 Å². The zero-order chi connectivity index (χ0) is 39.5. The van der Waals surface area contributed by atoms with Crippen molar-refractivity contribution in [3.8, 4) is 0 Å². The van der Waals surface area contributed by atoms with E-state index in [4.69, 9.17) is 0 Å². The number of rotatable bonds is 8. The first-order valence-electron chi connectivity index (χ1n) is 15.0. The van der Waals surface area contributed by atoms with E-state index in [1.807, 2.05) is 0 Å². The average Bonchev–Trinajstić information content (AvgIpc) is 3.09. The molecule has 0 spiro atoms. The molecule has 0 fully saturated rings. The molecule has 5 aromatic carbocycles. The monoisotopic (exact) mass is 790 g/mol. The van der Waals surface area contributed by atoms with Gasteiger partial charge in [-0.25, -0.2) is 8.61 Å². The molecule has 0 radical (unpaired) electrons. The van der Waals surface area contributed by atoms with Gasteiger partial charge in [0.25, 0.3) is 0 Å². The molecule has 0 amide bonds. The summed E-state index contributed by atoms with van der Waals surface area (Å²) in [7, 11) is -11.5. The Hall–Kier alpha value is -5.89. The highest BCUT2D eigenvalue weighted by Crippen LogP contribution is 2.47. The van der Waals surface area contributed by atoms with Crippen LogP contribution in [0, 0.1) is 0 Å². The molecule has 5 aromatic rings. The van der Waals surface area contributed by atoms with Crippen LogP contribution in [0.2, 0.25) is 0 Å². The lowest BCUT2D eigenvalue weighted by molar-refractivity contribution is -0.138. The fraction of sp³-hybridized carbons (Fsp3) is 0.0571. The third kappa shape index (κ3) is 6.84. The van der Waals surface area contributed by atoms with Crippen LogP contribution in [-0.4, -0.2) is 43.3 Å². The van der Waals surface area contributed by atoms with Crippen molar-refractivity contribution in [1.82, 2.24) is 0 Å². The summed E-state index contributed by atoms with van der Waals surface area (Å²) >= 11 is 0. The minimum Gasteiger partial charge on any atom is -0.289 e. The maximum atomic E-state index is 14.5. The number of carbonyl (C=O) groups is 3. The second kappa shape index (κ2) is 13.2. The number of halogens is 6. The number of anilines is 4. The first-order chi connectivity index (χ1) is 25.1. The Morgan fingerprint density at radius 1 is 0.556 bits per heavy atom. The van der Waals surface area contributed by atoms with Crippen LogP contribution in [0.4, 0.5) is 49.1 Å². The molecule has 278 valence electrons. The summed E-state index contributed by atoms with van der Waals surface area (Å²) in [5.41, 5.74) is -10.4. The lowest BCUT2D eigenvalue weighted by atomic mass is 9.80. The van der Waals surface area contributed by atoms with Gasteiger partial charge >= 0.3 is 33.0 Å². The van der Waals surface area contributed by atoms with Crippen molar-refractivity contribution in [3.05, 3.63) is 154 Å².